The van der Waals surface area contributed by atoms with Crippen LogP contribution in [0.1, 0.15) is 31.0 Å². The second kappa shape index (κ2) is 6.20. The van der Waals surface area contributed by atoms with Gasteiger partial charge in [0.05, 0.1) is 0 Å². The number of hydrogen-bond acceptors (Lipinski definition) is 4. The van der Waals surface area contributed by atoms with Crippen molar-refractivity contribution in [1.82, 2.24) is 4.98 Å². The van der Waals surface area contributed by atoms with Gasteiger partial charge in [-0.2, -0.15) is 5.26 Å². The first-order valence-electron chi connectivity index (χ1n) is 6.46. The molecule has 1 aromatic heterocycles. The molecule has 1 N–H and O–H groups in total. The first-order chi connectivity index (χ1) is 9.58. The molecule has 0 saturated heterocycles. The highest BCUT2D eigenvalue weighted by atomic mass is 19.1. The molecule has 1 aromatic carbocycles. The van der Waals surface area contributed by atoms with E-state index in [1.54, 1.807) is 12.1 Å². The molecule has 0 radical (unpaired) electrons. The fraction of sp³-hybridized carbons (Fsp3) is 0.333. The van der Waals surface area contributed by atoms with Crippen LogP contribution in [0.5, 0.6) is 0 Å². The lowest BCUT2D eigenvalue weighted by Crippen LogP contribution is -1.99. The number of anilines is 1. The molecule has 0 amide bonds. The van der Waals surface area contributed by atoms with Crippen LogP contribution in [0.3, 0.4) is 0 Å². The number of nitriles is 1. The Labute approximate surface area is 117 Å². The summed E-state index contributed by atoms with van der Waals surface area (Å²) in [4.78, 5) is 4.14. The third-order valence-corrected chi connectivity index (χ3v) is 2.73. The summed E-state index contributed by atoms with van der Waals surface area (Å²) in [6.45, 7) is 4.56. The topological polar surface area (TPSA) is 61.9 Å². The van der Waals surface area contributed by atoms with Crippen LogP contribution in [0, 0.1) is 23.1 Å². The standard InChI is InChI=1S/C15H16FN3O/c1-10(2)7-14-19-13(8-17)15(20-14)18-9-11-3-5-12(16)6-4-11/h3-6,10,18H,7,9H2,1-2H3. The smallest absolute Gasteiger partial charge is 0.232 e. The van der Waals surface area contributed by atoms with Gasteiger partial charge in [0.25, 0.3) is 0 Å². The Kier molecular flexibility index (Phi) is 4.36. The van der Waals surface area contributed by atoms with Crippen LogP contribution in [0.25, 0.3) is 0 Å². The van der Waals surface area contributed by atoms with E-state index in [0.29, 0.717) is 30.7 Å². The maximum absolute atomic E-state index is 12.8. The summed E-state index contributed by atoms with van der Waals surface area (Å²) in [6.07, 6.45) is 0.687. The van der Waals surface area contributed by atoms with Gasteiger partial charge in [0.15, 0.2) is 5.89 Å². The van der Waals surface area contributed by atoms with Gasteiger partial charge in [0.2, 0.25) is 11.6 Å². The lowest BCUT2D eigenvalue weighted by atomic mass is 10.1. The lowest BCUT2D eigenvalue weighted by molar-refractivity contribution is 0.466. The number of benzene rings is 1. The Morgan fingerprint density at radius 1 is 1.35 bits per heavy atom. The molecule has 0 unspecified atom stereocenters. The van der Waals surface area contributed by atoms with E-state index in [-0.39, 0.29) is 11.5 Å². The van der Waals surface area contributed by atoms with Crippen molar-refractivity contribution in [3.63, 3.8) is 0 Å². The Bertz CT molecular complexity index is 611. The van der Waals surface area contributed by atoms with Crippen LogP contribution in [0.2, 0.25) is 0 Å². The van der Waals surface area contributed by atoms with Crippen LogP contribution >= 0.6 is 0 Å². The number of nitrogens with zero attached hydrogens (tertiary/aromatic N) is 2. The molecule has 0 atom stereocenters. The highest BCUT2D eigenvalue weighted by Gasteiger charge is 2.13. The molecule has 0 saturated carbocycles. The Morgan fingerprint density at radius 2 is 2.05 bits per heavy atom. The average Bonchev–Trinajstić information content (AvgIpc) is 2.79. The van der Waals surface area contributed by atoms with Crippen molar-refractivity contribution in [2.75, 3.05) is 5.32 Å². The van der Waals surface area contributed by atoms with Gasteiger partial charge in [0, 0.05) is 13.0 Å². The number of aromatic nitrogens is 1. The molecule has 0 bridgehead atoms. The Balaban J connectivity index is 2.07. The number of halogens is 1. The summed E-state index contributed by atoms with van der Waals surface area (Å²) in [5.41, 5.74) is 1.15. The molecule has 104 valence electrons. The molecule has 2 rings (SSSR count). The molecular weight excluding hydrogens is 257 g/mol. The summed E-state index contributed by atoms with van der Waals surface area (Å²) < 4.78 is 18.3. The second-order valence-corrected chi connectivity index (χ2v) is 4.98. The van der Waals surface area contributed by atoms with Crippen molar-refractivity contribution in [2.24, 2.45) is 5.92 Å². The van der Waals surface area contributed by atoms with Gasteiger partial charge in [-0.05, 0) is 23.6 Å². The predicted octanol–water partition coefficient (Wildman–Crippen LogP) is 3.50. The second-order valence-electron chi connectivity index (χ2n) is 4.98. The number of nitrogens with one attached hydrogen (secondary N) is 1. The first-order valence-corrected chi connectivity index (χ1v) is 6.46. The van der Waals surface area contributed by atoms with Gasteiger partial charge < -0.3 is 9.73 Å². The molecule has 0 aliphatic carbocycles. The molecule has 4 nitrogen and oxygen atoms in total. The van der Waals surface area contributed by atoms with Gasteiger partial charge >= 0.3 is 0 Å². The van der Waals surface area contributed by atoms with E-state index in [1.807, 2.05) is 6.07 Å². The third kappa shape index (κ3) is 3.58. The summed E-state index contributed by atoms with van der Waals surface area (Å²) in [5.74, 6) is 1.06. The monoisotopic (exact) mass is 273 g/mol. The minimum absolute atomic E-state index is 0.253. The fourth-order valence-electron chi connectivity index (χ4n) is 1.78. The van der Waals surface area contributed by atoms with Crippen LogP contribution in [0.4, 0.5) is 10.3 Å². The molecule has 20 heavy (non-hydrogen) atoms. The maximum Gasteiger partial charge on any atom is 0.232 e. The predicted molar refractivity (Wildman–Crippen MR) is 73.5 cm³/mol. The Morgan fingerprint density at radius 3 is 2.65 bits per heavy atom. The van der Waals surface area contributed by atoms with E-state index < -0.39 is 0 Å². The highest BCUT2D eigenvalue weighted by molar-refractivity contribution is 5.45. The third-order valence-electron chi connectivity index (χ3n) is 2.73. The maximum atomic E-state index is 12.8. The van der Waals surface area contributed by atoms with Crippen molar-refractivity contribution in [2.45, 2.75) is 26.8 Å². The molecule has 0 aliphatic heterocycles. The molecule has 2 aromatic rings. The van der Waals surface area contributed by atoms with Crippen molar-refractivity contribution >= 4 is 5.88 Å². The SMILES string of the molecule is CC(C)Cc1nc(C#N)c(NCc2ccc(F)cc2)o1. The molecule has 1 heterocycles. The molecule has 0 spiro atoms. The summed E-state index contributed by atoms with van der Waals surface area (Å²) >= 11 is 0. The number of oxazole rings is 1. The minimum atomic E-state index is -0.273. The minimum Gasteiger partial charge on any atom is -0.424 e. The molecule has 0 fully saturated rings. The highest BCUT2D eigenvalue weighted by Crippen LogP contribution is 2.19. The zero-order valence-corrected chi connectivity index (χ0v) is 11.5. The quantitative estimate of drug-likeness (QED) is 0.905. The van der Waals surface area contributed by atoms with Gasteiger partial charge in [-0.15, -0.1) is 0 Å². The van der Waals surface area contributed by atoms with Crippen LogP contribution < -0.4 is 5.32 Å². The van der Waals surface area contributed by atoms with Gasteiger partial charge in [-0.25, -0.2) is 9.37 Å². The van der Waals surface area contributed by atoms with Crippen molar-refractivity contribution in [3.05, 3.63) is 47.2 Å². The summed E-state index contributed by atoms with van der Waals surface area (Å²) in [5, 5.41) is 12.1. The van der Waals surface area contributed by atoms with Crippen LogP contribution in [0.15, 0.2) is 28.7 Å². The largest absolute Gasteiger partial charge is 0.424 e. The summed E-state index contributed by atoms with van der Waals surface area (Å²) in [7, 11) is 0. The molecular formula is C15H16FN3O. The van der Waals surface area contributed by atoms with Crippen molar-refractivity contribution in [1.29, 1.82) is 5.26 Å². The van der Waals surface area contributed by atoms with E-state index in [2.05, 4.69) is 24.1 Å². The number of hydrogen-bond donors (Lipinski definition) is 1. The summed E-state index contributed by atoms with van der Waals surface area (Å²) in [6, 6.07) is 8.16. The van der Waals surface area contributed by atoms with Crippen molar-refractivity contribution in [3.8, 4) is 6.07 Å². The first kappa shape index (κ1) is 14.1. The van der Waals surface area contributed by atoms with E-state index in [4.69, 9.17) is 9.68 Å². The molecule has 0 aliphatic rings. The van der Waals surface area contributed by atoms with Gasteiger partial charge in [-0.1, -0.05) is 26.0 Å². The van der Waals surface area contributed by atoms with E-state index >= 15 is 0 Å². The van der Waals surface area contributed by atoms with E-state index in [0.717, 1.165) is 5.56 Å². The van der Waals surface area contributed by atoms with E-state index in [1.165, 1.54) is 12.1 Å². The van der Waals surface area contributed by atoms with E-state index in [9.17, 15) is 4.39 Å². The molecule has 5 heteroatoms. The van der Waals surface area contributed by atoms with Crippen LogP contribution in [-0.2, 0) is 13.0 Å². The zero-order chi connectivity index (χ0) is 14.5. The van der Waals surface area contributed by atoms with Gasteiger partial charge in [0.1, 0.15) is 11.9 Å². The number of rotatable bonds is 5. The van der Waals surface area contributed by atoms with Gasteiger partial charge in [-0.3, -0.25) is 0 Å². The normalized spacial score (nSPS) is 10.6. The van der Waals surface area contributed by atoms with Crippen molar-refractivity contribution < 1.29 is 8.81 Å². The Hall–Kier alpha value is -2.35. The lowest BCUT2D eigenvalue weighted by Gasteiger charge is -2.03. The average molecular weight is 273 g/mol. The van der Waals surface area contributed by atoms with Crippen LogP contribution in [-0.4, -0.2) is 4.98 Å². The zero-order valence-electron chi connectivity index (χ0n) is 11.5. The fourth-order valence-corrected chi connectivity index (χ4v) is 1.78.